The first-order valence-corrected chi connectivity index (χ1v) is 21.8. The molecule has 0 saturated carbocycles. The lowest BCUT2D eigenvalue weighted by molar-refractivity contribution is 0.880. The highest BCUT2D eigenvalue weighted by Gasteiger charge is 2.32. The van der Waals surface area contributed by atoms with E-state index in [4.69, 9.17) is 0 Å². The van der Waals surface area contributed by atoms with Gasteiger partial charge in [-0.15, -0.1) is 23.1 Å². The third-order valence-electron chi connectivity index (χ3n) is 11.3. The van der Waals surface area contributed by atoms with Crippen molar-refractivity contribution in [3.8, 4) is 0 Å². The van der Waals surface area contributed by atoms with Crippen LogP contribution in [0.2, 0.25) is 0 Å². The summed E-state index contributed by atoms with van der Waals surface area (Å²) in [6, 6.07) is 72.6. The highest BCUT2D eigenvalue weighted by molar-refractivity contribution is 8.00. The normalized spacial score (nSPS) is 15.3. The summed E-state index contributed by atoms with van der Waals surface area (Å²) in [4.78, 5) is 8.60. The molecule has 282 valence electrons. The molecule has 2 atom stereocenters. The van der Waals surface area contributed by atoms with E-state index < -0.39 is 0 Å². The van der Waals surface area contributed by atoms with E-state index in [2.05, 4.69) is 239 Å². The molecule has 8 aromatic carbocycles. The molecule has 59 heavy (non-hydrogen) atoms. The minimum absolute atomic E-state index is 0.366. The number of allylic oxidation sites excluding steroid dienone is 3. The molecular formula is C54H39N3S2. The molecule has 5 heteroatoms. The largest absolute Gasteiger partial charge is 0.310 e. The van der Waals surface area contributed by atoms with E-state index >= 15 is 0 Å². The Kier molecular flexibility index (Phi) is 9.10. The van der Waals surface area contributed by atoms with Gasteiger partial charge >= 0.3 is 0 Å². The van der Waals surface area contributed by atoms with Gasteiger partial charge < -0.3 is 14.7 Å². The second kappa shape index (κ2) is 15.2. The van der Waals surface area contributed by atoms with Gasteiger partial charge in [0.25, 0.3) is 0 Å². The van der Waals surface area contributed by atoms with Crippen LogP contribution in [0.3, 0.4) is 0 Å². The van der Waals surface area contributed by atoms with Gasteiger partial charge in [-0.05, 0) is 115 Å². The molecular weight excluding hydrogens is 755 g/mol. The fourth-order valence-corrected chi connectivity index (χ4v) is 11.1. The summed E-state index contributed by atoms with van der Waals surface area (Å²) < 4.78 is 2.47. The predicted octanol–water partition coefficient (Wildman–Crippen LogP) is 16.1. The number of thiophene rings is 1. The molecule has 1 aliphatic heterocycles. The lowest BCUT2D eigenvalue weighted by Crippen LogP contribution is -2.14. The quantitative estimate of drug-likeness (QED) is 0.144. The molecule has 2 aliphatic rings. The maximum absolute atomic E-state index is 2.44. The number of fused-ring (bicyclic) bond motifs is 6. The standard InChI is InChI=1S/C54H39N3S2/c1-6-18-38(19-7-1)55(39-20-8-2-9-21-39)44-31-33-52-48(35-44)54-49(57(41-24-12-4-13-25-41)42-26-14-5-15-27-42)36-45(37-53(54)59-52)56(40-22-10-3-11-23-40)43-30-32-51-47(34-43)46-28-16-17-29-50(46)58-51/h1-37,46,50H. The smallest absolute Gasteiger partial charge is 0.0575 e. The topological polar surface area (TPSA) is 9.72 Å². The third kappa shape index (κ3) is 6.49. The molecule has 2 unspecified atom stereocenters. The summed E-state index contributed by atoms with van der Waals surface area (Å²) in [5.74, 6) is 0.366. The van der Waals surface area contributed by atoms with E-state index in [1.165, 1.54) is 30.6 Å². The second-order valence-electron chi connectivity index (χ2n) is 14.9. The van der Waals surface area contributed by atoms with Crippen molar-refractivity contribution < 1.29 is 0 Å². The van der Waals surface area contributed by atoms with Gasteiger partial charge in [-0.2, -0.15) is 0 Å². The number of benzene rings is 8. The summed E-state index contributed by atoms with van der Waals surface area (Å²) >= 11 is 3.83. The van der Waals surface area contributed by atoms with E-state index in [-0.39, 0.29) is 0 Å². The van der Waals surface area contributed by atoms with Gasteiger partial charge in [0.1, 0.15) is 0 Å². The number of nitrogens with zero attached hydrogens (tertiary/aromatic N) is 3. The maximum atomic E-state index is 2.44. The number of rotatable bonds is 9. The van der Waals surface area contributed by atoms with Gasteiger partial charge in [0.15, 0.2) is 0 Å². The Labute approximate surface area is 353 Å². The van der Waals surface area contributed by atoms with E-state index in [1.807, 2.05) is 23.1 Å². The molecule has 1 aliphatic carbocycles. The molecule has 0 saturated heterocycles. The molecule has 0 spiro atoms. The van der Waals surface area contributed by atoms with Crippen molar-refractivity contribution >= 4 is 94.5 Å². The summed E-state index contributed by atoms with van der Waals surface area (Å²) in [6.07, 6.45) is 9.10. The van der Waals surface area contributed by atoms with Crippen molar-refractivity contribution in [3.05, 3.63) is 230 Å². The lowest BCUT2D eigenvalue weighted by Gasteiger charge is -2.30. The van der Waals surface area contributed by atoms with Crippen LogP contribution in [0.5, 0.6) is 0 Å². The average molecular weight is 794 g/mol. The summed E-state index contributed by atoms with van der Waals surface area (Å²) in [7, 11) is 0. The Hall–Kier alpha value is -6.79. The monoisotopic (exact) mass is 793 g/mol. The molecule has 3 nitrogen and oxygen atoms in total. The van der Waals surface area contributed by atoms with Gasteiger partial charge in [0.05, 0.1) is 5.69 Å². The number of thioether (sulfide) groups is 1. The van der Waals surface area contributed by atoms with Crippen molar-refractivity contribution in [1.82, 2.24) is 0 Å². The van der Waals surface area contributed by atoms with Crippen molar-refractivity contribution in [1.29, 1.82) is 0 Å². The Bertz CT molecular complexity index is 2900. The van der Waals surface area contributed by atoms with Crippen LogP contribution in [0.15, 0.2) is 229 Å². The van der Waals surface area contributed by atoms with E-state index in [9.17, 15) is 0 Å². The first-order valence-electron chi connectivity index (χ1n) is 20.1. The van der Waals surface area contributed by atoms with Crippen molar-refractivity contribution in [2.75, 3.05) is 14.7 Å². The minimum atomic E-state index is 0.366. The number of hydrogen-bond donors (Lipinski definition) is 0. The summed E-state index contributed by atoms with van der Waals surface area (Å²) in [6.45, 7) is 0. The number of para-hydroxylation sites is 5. The van der Waals surface area contributed by atoms with Gasteiger partial charge in [-0.1, -0.05) is 115 Å². The molecule has 0 radical (unpaired) electrons. The predicted molar refractivity (Wildman–Crippen MR) is 254 cm³/mol. The first kappa shape index (κ1) is 35.4. The van der Waals surface area contributed by atoms with Crippen molar-refractivity contribution in [2.45, 2.75) is 16.1 Å². The molecule has 0 fully saturated rings. The molecule has 1 aromatic heterocycles. The van der Waals surface area contributed by atoms with Crippen LogP contribution < -0.4 is 14.7 Å². The van der Waals surface area contributed by atoms with Crippen LogP contribution >= 0.6 is 23.1 Å². The highest BCUT2D eigenvalue weighted by Crippen LogP contribution is 2.53. The zero-order valence-electron chi connectivity index (χ0n) is 32.2. The van der Waals surface area contributed by atoms with Crippen LogP contribution in [-0.2, 0) is 0 Å². The Balaban J connectivity index is 1.17. The molecule has 2 heterocycles. The van der Waals surface area contributed by atoms with Crippen LogP contribution in [0.4, 0.5) is 51.2 Å². The average Bonchev–Trinajstić information content (AvgIpc) is 3.86. The number of anilines is 9. The third-order valence-corrected chi connectivity index (χ3v) is 13.8. The zero-order chi connectivity index (χ0) is 39.1. The lowest BCUT2D eigenvalue weighted by atomic mass is 9.92. The molecule has 9 aromatic rings. The number of hydrogen-bond acceptors (Lipinski definition) is 5. The fraction of sp³-hybridized carbons (Fsp3) is 0.0370. The zero-order valence-corrected chi connectivity index (χ0v) is 33.8. The fourth-order valence-electron chi connectivity index (χ4n) is 8.68. The van der Waals surface area contributed by atoms with Crippen LogP contribution in [0.25, 0.3) is 20.2 Å². The van der Waals surface area contributed by atoms with Crippen molar-refractivity contribution in [2.24, 2.45) is 0 Å². The van der Waals surface area contributed by atoms with Crippen molar-refractivity contribution in [3.63, 3.8) is 0 Å². The Morgan fingerprint density at radius 3 is 1.44 bits per heavy atom. The van der Waals surface area contributed by atoms with E-state index in [0.717, 1.165) is 51.2 Å². The van der Waals surface area contributed by atoms with Gasteiger partial charge in [-0.25, -0.2) is 0 Å². The summed E-state index contributed by atoms with van der Waals surface area (Å²) in [5.41, 5.74) is 11.5. The molecule has 0 N–H and O–H groups in total. The Morgan fingerprint density at radius 2 is 0.864 bits per heavy atom. The molecule has 0 amide bonds. The first-order chi connectivity index (χ1) is 29.3. The SMILES string of the molecule is C1=CC2Sc3ccc(N(c4ccccc4)c4cc(N(c5ccccc5)c5ccccc5)c5c(c4)sc4ccc(N(c6ccccc6)c6ccccc6)cc45)cc3C2C=C1. The van der Waals surface area contributed by atoms with Gasteiger partial charge in [0, 0.05) is 81.7 Å². The second-order valence-corrected chi connectivity index (χ2v) is 17.2. The van der Waals surface area contributed by atoms with Gasteiger partial charge in [0.2, 0.25) is 0 Å². The van der Waals surface area contributed by atoms with Gasteiger partial charge in [-0.3, -0.25) is 0 Å². The van der Waals surface area contributed by atoms with Crippen LogP contribution in [0.1, 0.15) is 11.5 Å². The minimum Gasteiger partial charge on any atom is -0.310 e. The van der Waals surface area contributed by atoms with Crippen LogP contribution in [0, 0.1) is 0 Å². The van der Waals surface area contributed by atoms with E-state index in [1.54, 1.807) is 0 Å². The highest BCUT2D eigenvalue weighted by atomic mass is 32.2. The Morgan fingerprint density at radius 1 is 0.373 bits per heavy atom. The maximum Gasteiger partial charge on any atom is 0.0575 e. The summed E-state index contributed by atoms with van der Waals surface area (Å²) in [5, 5.41) is 2.89. The van der Waals surface area contributed by atoms with E-state index in [0.29, 0.717) is 11.2 Å². The molecule has 0 bridgehead atoms. The van der Waals surface area contributed by atoms with Crippen LogP contribution in [-0.4, -0.2) is 5.25 Å². The molecule has 11 rings (SSSR count).